The first-order valence-corrected chi connectivity index (χ1v) is 9.93. The zero-order valence-electron chi connectivity index (χ0n) is 14.3. The summed E-state index contributed by atoms with van der Waals surface area (Å²) in [4.78, 5) is 14.5. The first kappa shape index (κ1) is 18.7. The molecule has 138 valence electrons. The molecule has 6 nitrogen and oxygen atoms in total. The summed E-state index contributed by atoms with van der Waals surface area (Å²) in [6.07, 6.45) is 0. The minimum absolute atomic E-state index is 0.175. The molecule has 0 aromatic heterocycles. The van der Waals surface area contributed by atoms with E-state index in [0.29, 0.717) is 29.4 Å². The molecule has 0 radical (unpaired) electrons. The summed E-state index contributed by atoms with van der Waals surface area (Å²) in [5, 5.41) is 0.364. The highest BCUT2D eigenvalue weighted by molar-refractivity contribution is 7.89. The summed E-state index contributed by atoms with van der Waals surface area (Å²) in [5.74, 6) is 0.327. The fourth-order valence-electron chi connectivity index (χ4n) is 2.86. The summed E-state index contributed by atoms with van der Waals surface area (Å²) in [6, 6.07) is 13.2. The van der Waals surface area contributed by atoms with Crippen LogP contribution in [0.25, 0.3) is 0 Å². The first-order chi connectivity index (χ1) is 12.4. The van der Waals surface area contributed by atoms with Gasteiger partial charge in [0.1, 0.15) is 5.75 Å². The Labute approximate surface area is 158 Å². The molecule has 0 spiro atoms. The van der Waals surface area contributed by atoms with Crippen LogP contribution in [-0.2, 0) is 10.0 Å². The van der Waals surface area contributed by atoms with E-state index < -0.39 is 10.0 Å². The van der Waals surface area contributed by atoms with Gasteiger partial charge in [0.05, 0.1) is 17.0 Å². The molecule has 0 unspecified atom stereocenters. The van der Waals surface area contributed by atoms with Crippen LogP contribution in [-0.4, -0.2) is 56.8 Å². The Hall–Kier alpha value is -2.09. The van der Waals surface area contributed by atoms with Crippen LogP contribution >= 0.6 is 11.6 Å². The highest BCUT2D eigenvalue weighted by Crippen LogP contribution is 2.26. The number of carbonyl (C=O) groups excluding carboxylic acids is 1. The third-order valence-corrected chi connectivity index (χ3v) is 6.51. The Bertz CT molecular complexity index is 895. The van der Waals surface area contributed by atoms with E-state index in [9.17, 15) is 13.2 Å². The Morgan fingerprint density at radius 1 is 1.04 bits per heavy atom. The average molecular weight is 395 g/mol. The van der Waals surface area contributed by atoms with Crippen LogP contribution < -0.4 is 4.74 Å². The van der Waals surface area contributed by atoms with Crippen LogP contribution in [0.5, 0.6) is 5.75 Å². The Kier molecular flexibility index (Phi) is 5.50. The molecular formula is C18H19ClN2O4S. The molecule has 1 aliphatic rings. The molecule has 0 atom stereocenters. The van der Waals surface area contributed by atoms with E-state index in [4.69, 9.17) is 16.3 Å². The van der Waals surface area contributed by atoms with Crippen LogP contribution in [0.15, 0.2) is 53.4 Å². The number of sulfonamides is 1. The number of ether oxygens (including phenoxy) is 1. The Morgan fingerprint density at radius 3 is 2.27 bits per heavy atom. The number of carbonyl (C=O) groups is 1. The average Bonchev–Trinajstić information content (AvgIpc) is 2.68. The number of amides is 1. The van der Waals surface area contributed by atoms with Crippen molar-refractivity contribution >= 4 is 27.5 Å². The zero-order valence-corrected chi connectivity index (χ0v) is 15.8. The van der Waals surface area contributed by atoms with E-state index in [-0.39, 0.29) is 23.9 Å². The number of hydrogen-bond acceptors (Lipinski definition) is 4. The van der Waals surface area contributed by atoms with Crippen LogP contribution in [0.3, 0.4) is 0 Å². The first-order valence-electron chi connectivity index (χ1n) is 8.11. The van der Waals surface area contributed by atoms with E-state index in [1.54, 1.807) is 53.4 Å². The molecule has 0 bridgehead atoms. The van der Waals surface area contributed by atoms with E-state index >= 15 is 0 Å². The maximum Gasteiger partial charge on any atom is 0.253 e. The fraction of sp³-hybridized carbons (Fsp3) is 0.278. The summed E-state index contributed by atoms with van der Waals surface area (Å²) in [7, 11) is -2.02. The van der Waals surface area contributed by atoms with E-state index in [1.807, 2.05) is 0 Å². The number of piperazine rings is 1. The van der Waals surface area contributed by atoms with Gasteiger partial charge in [0, 0.05) is 31.7 Å². The second kappa shape index (κ2) is 7.65. The summed E-state index contributed by atoms with van der Waals surface area (Å²) >= 11 is 6.08. The van der Waals surface area contributed by atoms with Crippen LogP contribution in [0.4, 0.5) is 0 Å². The van der Waals surface area contributed by atoms with Crippen LogP contribution in [0.2, 0.25) is 5.02 Å². The van der Waals surface area contributed by atoms with Gasteiger partial charge in [0.2, 0.25) is 10.0 Å². The van der Waals surface area contributed by atoms with Gasteiger partial charge in [-0.2, -0.15) is 4.31 Å². The molecule has 0 aliphatic carbocycles. The highest BCUT2D eigenvalue weighted by Gasteiger charge is 2.30. The van der Waals surface area contributed by atoms with Crippen molar-refractivity contribution in [2.45, 2.75) is 4.90 Å². The van der Waals surface area contributed by atoms with Crippen molar-refractivity contribution in [1.82, 2.24) is 9.21 Å². The van der Waals surface area contributed by atoms with Gasteiger partial charge >= 0.3 is 0 Å². The van der Waals surface area contributed by atoms with Gasteiger partial charge < -0.3 is 9.64 Å². The number of halogens is 1. The van der Waals surface area contributed by atoms with Crippen LogP contribution in [0, 0.1) is 0 Å². The third kappa shape index (κ3) is 3.70. The van der Waals surface area contributed by atoms with Gasteiger partial charge in [-0.1, -0.05) is 29.8 Å². The molecule has 2 aromatic carbocycles. The van der Waals surface area contributed by atoms with Gasteiger partial charge in [-0.25, -0.2) is 8.42 Å². The second-order valence-corrected chi connectivity index (χ2v) is 8.20. The summed E-state index contributed by atoms with van der Waals surface area (Å²) in [5.41, 5.74) is 0.454. The standard InChI is InChI=1S/C18H19ClN2O4S/c1-25-17-8-7-14(13-16(17)19)18(22)20-9-11-21(12-10-20)26(23,24)15-5-3-2-4-6-15/h2-8,13H,9-12H2,1H3. The maximum absolute atomic E-state index is 12.6. The Balaban J connectivity index is 1.68. The van der Waals surface area contributed by atoms with Gasteiger partial charge in [0.15, 0.2) is 0 Å². The van der Waals surface area contributed by atoms with Crippen molar-refractivity contribution in [3.63, 3.8) is 0 Å². The Morgan fingerprint density at radius 2 is 1.69 bits per heavy atom. The number of methoxy groups -OCH3 is 1. The lowest BCUT2D eigenvalue weighted by Crippen LogP contribution is -2.50. The molecule has 0 saturated carbocycles. The molecule has 1 saturated heterocycles. The fourth-order valence-corrected chi connectivity index (χ4v) is 4.56. The minimum atomic E-state index is -3.53. The monoisotopic (exact) mass is 394 g/mol. The molecule has 1 amide bonds. The lowest BCUT2D eigenvalue weighted by Gasteiger charge is -2.34. The van der Waals surface area contributed by atoms with E-state index in [2.05, 4.69) is 0 Å². The molecule has 0 N–H and O–H groups in total. The normalized spacial score (nSPS) is 15.7. The molecule has 26 heavy (non-hydrogen) atoms. The van der Waals surface area contributed by atoms with Gasteiger partial charge in [-0.3, -0.25) is 4.79 Å². The van der Waals surface area contributed by atoms with Gasteiger partial charge in [-0.05, 0) is 30.3 Å². The molecular weight excluding hydrogens is 376 g/mol. The molecule has 1 heterocycles. The maximum atomic E-state index is 12.6. The molecule has 8 heteroatoms. The lowest BCUT2D eigenvalue weighted by molar-refractivity contribution is 0.0698. The number of nitrogens with zero attached hydrogens (tertiary/aromatic N) is 2. The number of rotatable bonds is 4. The summed E-state index contributed by atoms with van der Waals surface area (Å²) < 4.78 is 31.8. The zero-order chi connectivity index (χ0) is 18.7. The molecule has 1 fully saturated rings. The third-order valence-electron chi connectivity index (χ3n) is 4.31. The number of benzene rings is 2. The van der Waals surface area contributed by atoms with Crippen molar-refractivity contribution in [3.05, 3.63) is 59.1 Å². The quantitative estimate of drug-likeness (QED) is 0.799. The highest BCUT2D eigenvalue weighted by atomic mass is 35.5. The van der Waals surface area contributed by atoms with Crippen molar-refractivity contribution < 1.29 is 17.9 Å². The van der Waals surface area contributed by atoms with Crippen molar-refractivity contribution in [1.29, 1.82) is 0 Å². The SMILES string of the molecule is COc1ccc(C(=O)N2CCN(S(=O)(=O)c3ccccc3)CC2)cc1Cl. The van der Waals surface area contributed by atoms with Crippen LogP contribution in [0.1, 0.15) is 10.4 Å². The van der Waals surface area contributed by atoms with Crippen molar-refractivity contribution in [2.75, 3.05) is 33.3 Å². The number of hydrogen-bond donors (Lipinski definition) is 0. The van der Waals surface area contributed by atoms with E-state index in [1.165, 1.54) is 11.4 Å². The molecule has 3 rings (SSSR count). The van der Waals surface area contributed by atoms with E-state index in [0.717, 1.165) is 0 Å². The predicted molar refractivity (Wildman–Crippen MR) is 99.1 cm³/mol. The second-order valence-electron chi connectivity index (χ2n) is 5.86. The van der Waals surface area contributed by atoms with Crippen molar-refractivity contribution in [3.8, 4) is 5.75 Å². The van der Waals surface area contributed by atoms with Gasteiger partial charge in [0.25, 0.3) is 5.91 Å². The van der Waals surface area contributed by atoms with Gasteiger partial charge in [-0.15, -0.1) is 0 Å². The summed E-state index contributed by atoms with van der Waals surface area (Å²) in [6.45, 7) is 1.17. The predicted octanol–water partition coefficient (Wildman–Crippen LogP) is 2.50. The topological polar surface area (TPSA) is 66.9 Å². The molecule has 1 aliphatic heterocycles. The largest absolute Gasteiger partial charge is 0.495 e. The van der Waals surface area contributed by atoms with Crippen molar-refractivity contribution in [2.24, 2.45) is 0 Å². The molecule has 2 aromatic rings. The lowest BCUT2D eigenvalue weighted by atomic mass is 10.1. The smallest absolute Gasteiger partial charge is 0.253 e. The minimum Gasteiger partial charge on any atom is -0.495 e.